The highest BCUT2D eigenvalue weighted by Gasteiger charge is 2.38. The summed E-state index contributed by atoms with van der Waals surface area (Å²) >= 11 is 0. The molecular formula is C15H27NO3. The lowest BCUT2D eigenvalue weighted by Gasteiger charge is -2.34. The van der Waals surface area contributed by atoms with E-state index < -0.39 is 11.4 Å². The molecule has 0 bridgehead atoms. The number of carbonyl (C=O) groups is 2. The number of carbonyl (C=O) groups excluding carboxylic acids is 1. The Morgan fingerprint density at radius 1 is 1.16 bits per heavy atom. The van der Waals surface area contributed by atoms with Crippen molar-refractivity contribution < 1.29 is 14.7 Å². The van der Waals surface area contributed by atoms with Gasteiger partial charge in [0.25, 0.3) is 0 Å². The van der Waals surface area contributed by atoms with Crippen molar-refractivity contribution in [2.75, 3.05) is 13.1 Å². The van der Waals surface area contributed by atoms with E-state index in [0.29, 0.717) is 12.8 Å². The Morgan fingerprint density at radius 2 is 1.68 bits per heavy atom. The molecule has 0 saturated carbocycles. The monoisotopic (exact) mass is 269 g/mol. The number of piperidine rings is 1. The number of carboxylic acid groups (broad SMARTS) is 1. The van der Waals surface area contributed by atoms with E-state index >= 15 is 0 Å². The van der Waals surface area contributed by atoms with Crippen LogP contribution < -0.4 is 0 Å². The van der Waals surface area contributed by atoms with Gasteiger partial charge in [-0.25, -0.2) is 0 Å². The van der Waals surface area contributed by atoms with E-state index in [1.807, 2.05) is 18.7 Å². The normalized spacial score (nSPS) is 17.5. The van der Waals surface area contributed by atoms with E-state index in [1.54, 1.807) is 0 Å². The smallest absolute Gasteiger partial charge is 0.310 e. The fraction of sp³-hybridized carbons (Fsp3) is 0.867. The SMILES string of the molecule is CCC1CCN(C(=O)CC(CC)(CC)C(=O)O)CC1. The molecule has 19 heavy (non-hydrogen) atoms. The Balaban J connectivity index is 2.61. The van der Waals surface area contributed by atoms with Gasteiger partial charge in [-0.3, -0.25) is 9.59 Å². The fourth-order valence-corrected chi connectivity index (χ4v) is 2.87. The maximum atomic E-state index is 12.3. The second-order valence-electron chi connectivity index (χ2n) is 5.70. The van der Waals surface area contributed by atoms with Gasteiger partial charge < -0.3 is 10.0 Å². The minimum absolute atomic E-state index is 0.0145. The predicted octanol–water partition coefficient (Wildman–Crippen LogP) is 2.92. The van der Waals surface area contributed by atoms with E-state index in [-0.39, 0.29) is 12.3 Å². The van der Waals surface area contributed by atoms with E-state index in [1.165, 1.54) is 6.42 Å². The number of rotatable bonds is 6. The summed E-state index contributed by atoms with van der Waals surface area (Å²) in [7, 11) is 0. The van der Waals surface area contributed by atoms with E-state index in [4.69, 9.17) is 0 Å². The summed E-state index contributed by atoms with van der Waals surface area (Å²) in [5.74, 6) is -0.0967. The molecule has 0 aliphatic carbocycles. The average Bonchev–Trinajstić information content (AvgIpc) is 2.44. The van der Waals surface area contributed by atoms with Crippen molar-refractivity contribution in [1.29, 1.82) is 0 Å². The third-order valence-electron chi connectivity index (χ3n) is 4.84. The number of amides is 1. The molecule has 0 radical (unpaired) electrons. The first-order valence-electron chi connectivity index (χ1n) is 7.50. The highest BCUT2D eigenvalue weighted by atomic mass is 16.4. The van der Waals surface area contributed by atoms with Crippen molar-refractivity contribution in [3.05, 3.63) is 0 Å². The minimum atomic E-state index is -0.876. The standard InChI is InChI=1S/C15H27NO3/c1-4-12-7-9-16(10-8-12)13(17)11-15(5-2,6-3)14(18)19/h12H,4-11H2,1-3H3,(H,18,19). The van der Waals surface area contributed by atoms with E-state index in [2.05, 4.69) is 6.92 Å². The molecule has 0 aromatic rings. The third kappa shape index (κ3) is 3.71. The number of nitrogens with zero attached hydrogens (tertiary/aromatic N) is 1. The van der Waals surface area contributed by atoms with E-state index in [0.717, 1.165) is 31.8 Å². The quantitative estimate of drug-likeness (QED) is 0.806. The van der Waals surface area contributed by atoms with Crippen LogP contribution in [-0.4, -0.2) is 35.0 Å². The zero-order valence-corrected chi connectivity index (χ0v) is 12.4. The molecule has 1 heterocycles. The van der Waals surface area contributed by atoms with Gasteiger partial charge in [-0.2, -0.15) is 0 Å². The van der Waals surface area contributed by atoms with Gasteiger partial charge in [0.2, 0.25) is 5.91 Å². The summed E-state index contributed by atoms with van der Waals surface area (Å²) < 4.78 is 0. The molecule has 1 aliphatic heterocycles. The summed E-state index contributed by atoms with van der Waals surface area (Å²) in [5.41, 5.74) is -0.876. The Bertz CT molecular complexity index is 315. The van der Waals surface area contributed by atoms with Gasteiger partial charge in [0.05, 0.1) is 5.41 Å². The maximum Gasteiger partial charge on any atom is 0.310 e. The molecule has 1 amide bonds. The largest absolute Gasteiger partial charge is 0.481 e. The highest BCUT2D eigenvalue weighted by Crippen LogP contribution is 2.32. The van der Waals surface area contributed by atoms with Crippen LogP contribution in [0, 0.1) is 11.3 Å². The van der Waals surface area contributed by atoms with Crippen LogP contribution in [-0.2, 0) is 9.59 Å². The summed E-state index contributed by atoms with van der Waals surface area (Å²) in [6, 6.07) is 0. The molecule has 1 N–H and O–H groups in total. The molecule has 0 spiro atoms. The van der Waals surface area contributed by atoms with Gasteiger partial charge >= 0.3 is 5.97 Å². The molecule has 1 rings (SSSR count). The first kappa shape index (κ1) is 16.0. The first-order valence-corrected chi connectivity index (χ1v) is 7.50. The third-order valence-corrected chi connectivity index (χ3v) is 4.84. The Kier molecular flexibility index (Phi) is 5.83. The molecular weight excluding hydrogens is 242 g/mol. The Labute approximate surface area is 116 Å². The van der Waals surface area contributed by atoms with Crippen molar-refractivity contribution in [2.45, 2.75) is 59.3 Å². The zero-order chi connectivity index (χ0) is 14.5. The van der Waals surface area contributed by atoms with Crippen LogP contribution in [0.15, 0.2) is 0 Å². The van der Waals surface area contributed by atoms with Crippen LogP contribution in [0.4, 0.5) is 0 Å². The average molecular weight is 269 g/mol. The second kappa shape index (κ2) is 6.92. The molecule has 0 aromatic carbocycles. The molecule has 0 atom stereocenters. The van der Waals surface area contributed by atoms with Crippen molar-refractivity contribution in [2.24, 2.45) is 11.3 Å². The lowest BCUT2D eigenvalue weighted by atomic mass is 9.78. The van der Waals surface area contributed by atoms with Crippen LogP contribution >= 0.6 is 0 Å². The summed E-state index contributed by atoms with van der Waals surface area (Å²) in [4.78, 5) is 25.6. The Hall–Kier alpha value is -1.06. The summed E-state index contributed by atoms with van der Waals surface area (Å²) in [6.07, 6.45) is 4.45. The van der Waals surface area contributed by atoms with Gasteiger partial charge in [0.1, 0.15) is 0 Å². The fourth-order valence-electron chi connectivity index (χ4n) is 2.87. The van der Waals surface area contributed by atoms with Crippen molar-refractivity contribution in [3.63, 3.8) is 0 Å². The summed E-state index contributed by atoms with van der Waals surface area (Å²) in [6.45, 7) is 7.48. The lowest BCUT2D eigenvalue weighted by Crippen LogP contribution is -2.42. The molecule has 110 valence electrons. The highest BCUT2D eigenvalue weighted by molar-refractivity contribution is 5.85. The molecule has 0 aromatic heterocycles. The molecule has 4 heteroatoms. The second-order valence-corrected chi connectivity index (χ2v) is 5.70. The molecule has 4 nitrogen and oxygen atoms in total. The van der Waals surface area contributed by atoms with Crippen LogP contribution in [0.1, 0.15) is 59.3 Å². The summed E-state index contributed by atoms with van der Waals surface area (Å²) in [5, 5.41) is 9.38. The maximum absolute atomic E-state index is 12.3. The molecule has 1 aliphatic rings. The van der Waals surface area contributed by atoms with Gasteiger partial charge in [0, 0.05) is 19.5 Å². The van der Waals surface area contributed by atoms with Gasteiger partial charge in [-0.1, -0.05) is 27.2 Å². The van der Waals surface area contributed by atoms with Crippen LogP contribution in [0.25, 0.3) is 0 Å². The van der Waals surface area contributed by atoms with Gasteiger partial charge in [-0.05, 0) is 31.6 Å². The number of carboxylic acids is 1. The minimum Gasteiger partial charge on any atom is -0.481 e. The van der Waals surface area contributed by atoms with E-state index in [9.17, 15) is 14.7 Å². The number of hydrogen-bond donors (Lipinski definition) is 1. The van der Waals surface area contributed by atoms with Crippen LogP contribution in [0.3, 0.4) is 0 Å². The van der Waals surface area contributed by atoms with Crippen molar-refractivity contribution >= 4 is 11.9 Å². The van der Waals surface area contributed by atoms with Crippen molar-refractivity contribution in [1.82, 2.24) is 4.90 Å². The molecule has 0 unspecified atom stereocenters. The number of aliphatic carboxylic acids is 1. The molecule has 1 fully saturated rings. The lowest BCUT2D eigenvalue weighted by molar-refractivity contribution is -0.154. The van der Waals surface area contributed by atoms with Crippen LogP contribution in [0.2, 0.25) is 0 Å². The molecule has 1 saturated heterocycles. The topological polar surface area (TPSA) is 57.6 Å². The van der Waals surface area contributed by atoms with Gasteiger partial charge in [-0.15, -0.1) is 0 Å². The Morgan fingerprint density at radius 3 is 2.05 bits per heavy atom. The number of hydrogen-bond acceptors (Lipinski definition) is 2. The first-order chi connectivity index (χ1) is 8.99. The van der Waals surface area contributed by atoms with Crippen LogP contribution in [0.5, 0.6) is 0 Å². The zero-order valence-electron chi connectivity index (χ0n) is 12.4. The number of likely N-dealkylation sites (tertiary alicyclic amines) is 1. The van der Waals surface area contributed by atoms with Gasteiger partial charge in [0.15, 0.2) is 0 Å². The predicted molar refractivity (Wildman–Crippen MR) is 74.9 cm³/mol. The van der Waals surface area contributed by atoms with Crippen molar-refractivity contribution in [3.8, 4) is 0 Å².